The topological polar surface area (TPSA) is 110 Å². The smallest absolute Gasteiger partial charge is 0.374 e. The molecule has 0 saturated carbocycles. The Labute approximate surface area is 158 Å². The van der Waals surface area contributed by atoms with Gasteiger partial charge in [0.2, 0.25) is 17.6 Å². The molecule has 0 radical (unpaired) electrons. The number of rotatable bonds is 11. The van der Waals surface area contributed by atoms with Crippen LogP contribution in [0.5, 0.6) is 0 Å². The van der Waals surface area contributed by atoms with Gasteiger partial charge >= 0.3 is 5.97 Å². The zero-order chi connectivity index (χ0) is 20.3. The summed E-state index contributed by atoms with van der Waals surface area (Å²) in [4.78, 5) is 60.7. The molecular formula is C17H28N2O6S. The summed E-state index contributed by atoms with van der Waals surface area (Å²) < 4.78 is 4.26. The van der Waals surface area contributed by atoms with Crippen LogP contribution in [0.15, 0.2) is 0 Å². The molecule has 2 atom stereocenters. The Hall–Kier alpha value is -1.90. The maximum absolute atomic E-state index is 12.6. The van der Waals surface area contributed by atoms with Crippen LogP contribution in [0.4, 0.5) is 0 Å². The van der Waals surface area contributed by atoms with Gasteiger partial charge in [-0.2, -0.15) is 0 Å². The van der Waals surface area contributed by atoms with Gasteiger partial charge in [-0.1, -0.05) is 25.6 Å². The highest BCUT2D eigenvalue weighted by Gasteiger charge is 2.28. The summed E-state index contributed by atoms with van der Waals surface area (Å²) >= 11 is 0.739. The Morgan fingerprint density at radius 2 is 1.65 bits per heavy atom. The van der Waals surface area contributed by atoms with Crippen LogP contribution in [0, 0.1) is 5.92 Å². The van der Waals surface area contributed by atoms with Crippen molar-refractivity contribution in [3.63, 3.8) is 0 Å². The van der Waals surface area contributed by atoms with E-state index in [1.165, 1.54) is 0 Å². The van der Waals surface area contributed by atoms with Crippen LogP contribution in [0.25, 0.3) is 0 Å². The molecule has 0 aliphatic heterocycles. The van der Waals surface area contributed by atoms with Crippen molar-refractivity contribution >= 4 is 40.4 Å². The largest absolute Gasteiger partial charge is 0.463 e. The summed E-state index contributed by atoms with van der Waals surface area (Å²) in [5, 5.41) is 2.12. The van der Waals surface area contributed by atoms with Crippen molar-refractivity contribution in [3.8, 4) is 0 Å². The Balaban J connectivity index is 4.97. The lowest BCUT2D eigenvalue weighted by Crippen LogP contribution is -2.51. The molecule has 0 spiro atoms. The molecule has 2 unspecified atom stereocenters. The highest BCUT2D eigenvalue weighted by Crippen LogP contribution is 2.12. The number of carbonyl (C=O) groups excluding carboxylic acids is 5. The minimum Gasteiger partial charge on any atom is -0.463 e. The summed E-state index contributed by atoms with van der Waals surface area (Å²) in [5.74, 6) is -2.85. The molecule has 8 nitrogen and oxygen atoms in total. The Morgan fingerprint density at radius 1 is 1.08 bits per heavy atom. The van der Waals surface area contributed by atoms with Gasteiger partial charge in [0.1, 0.15) is 6.04 Å². The Bertz CT molecular complexity index is 533. The maximum atomic E-state index is 12.6. The molecule has 9 heteroatoms. The molecule has 0 aromatic carbocycles. The van der Waals surface area contributed by atoms with Crippen LogP contribution < -0.4 is 5.32 Å². The van der Waals surface area contributed by atoms with E-state index in [0.29, 0.717) is 19.5 Å². The molecular weight excluding hydrogens is 360 g/mol. The van der Waals surface area contributed by atoms with E-state index in [-0.39, 0.29) is 23.5 Å². The summed E-state index contributed by atoms with van der Waals surface area (Å²) in [6.07, 6.45) is 0.0144. The molecule has 0 bridgehead atoms. The second-order valence-corrected chi connectivity index (χ2v) is 6.73. The minimum atomic E-state index is -1.08. The fraction of sp³-hybridized carbons (Fsp3) is 0.706. The number of ether oxygens (including phenoxy) is 1. The third-order valence-corrected chi connectivity index (χ3v) is 4.84. The molecule has 0 aliphatic rings. The number of esters is 1. The SMILES string of the molecule is CCC(C)C(=O)NC(CSC(=O)CC(=O)C(=O)OC)C(=O)N(CC)CC. The number of Topliss-reactive ketones (excluding diaryl/α,β-unsaturated/α-hetero) is 1. The lowest BCUT2D eigenvalue weighted by atomic mass is 10.1. The number of methoxy groups -OCH3 is 1. The first-order chi connectivity index (χ1) is 12.2. The van der Waals surface area contributed by atoms with E-state index in [4.69, 9.17) is 0 Å². The molecule has 0 heterocycles. The van der Waals surface area contributed by atoms with Crippen molar-refractivity contribution in [2.45, 2.75) is 46.6 Å². The van der Waals surface area contributed by atoms with Crippen molar-refractivity contribution in [1.82, 2.24) is 10.2 Å². The summed E-state index contributed by atoms with van der Waals surface area (Å²) in [7, 11) is 1.06. The van der Waals surface area contributed by atoms with Crippen molar-refractivity contribution < 1.29 is 28.7 Å². The first-order valence-corrected chi connectivity index (χ1v) is 9.56. The molecule has 0 rings (SSSR count). The van der Waals surface area contributed by atoms with Crippen LogP contribution in [0.2, 0.25) is 0 Å². The second kappa shape index (κ2) is 12.5. The summed E-state index contributed by atoms with van der Waals surface area (Å²) in [5.41, 5.74) is 0. The van der Waals surface area contributed by atoms with Gasteiger partial charge < -0.3 is 15.0 Å². The van der Waals surface area contributed by atoms with Gasteiger partial charge in [0.25, 0.3) is 0 Å². The number of carbonyl (C=O) groups is 5. The number of amides is 2. The van der Waals surface area contributed by atoms with Crippen molar-refractivity contribution in [1.29, 1.82) is 0 Å². The lowest BCUT2D eigenvalue weighted by molar-refractivity contribution is -0.152. The van der Waals surface area contributed by atoms with Gasteiger partial charge in [0.05, 0.1) is 13.5 Å². The monoisotopic (exact) mass is 388 g/mol. The molecule has 0 aromatic heterocycles. The van der Waals surface area contributed by atoms with Gasteiger partial charge in [0.15, 0.2) is 5.12 Å². The fourth-order valence-electron chi connectivity index (χ4n) is 1.97. The number of nitrogens with one attached hydrogen (secondary N) is 1. The molecule has 26 heavy (non-hydrogen) atoms. The van der Waals surface area contributed by atoms with Gasteiger partial charge in [-0.25, -0.2) is 4.79 Å². The highest BCUT2D eigenvalue weighted by atomic mass is 32.2. The molecule has 148 valence electrons. The molecule has 0 saturated heterocycles. The van der Waals surface area contributed by atoms with Crippen LogP contribution >= 0.6 is 11.8 Å². The van der Waals surface area contributed by atoms with Crippen molar-refractivity contribution in [3.05, 3.63) is 0 Å². The van der Waals surface area contributed by atoms with E-state index >= 15 is 0 Å². The minimum absolute atomic E-state index is 0.00913. The molecule has 0 fully saturated rings. The predicted octanol–water partition coefficient (Wildman–Crippen LogP) is 0.778. The van der Waals surface area contributed by atoms with Gasteiger partial charge in [-0.15, -0.1) is 0 Å². The third kappa shape index (κ3) is 7.99. The zero-order valence-electron chi connectivity index (χ0n) is 16.0. The van der Waals surface area contributed by atoms with E-state index in [1.807, 2.05) is 20.8 Å². The van der Waals surface area contributed by atoms with E-state index in [1.54, 1.807) is 11.8 Å². The summed E-state index contributed by atoms with van der Waals surface area (Å²) in [6.45, 7) is 8.21. The standard InChI is InChI=1S/C17H28N2O6S/c1-6-11(4)15(22)18-12(16(23)19(7-2)8-3)10-26-14(21)9-13(20)17(24)25-5/h11-12H,6-10H2,1-5H3,(H,18,22). The van der Waals surface area contributed by atoms with Gasteiger partial charge in [0, 0.05) is 24.8 Å². The van der Waals surface area contributed by atoms with E-state index in [0.717, 1.165) is 18.9 Å². The highest BCUT2D eigenvalue weighted by molar-refractivity contribution is 8.13. The van der Waals surface area contributed by atoms with Crippen LogP contribution in [-0.2, 0) is 28.7 Å². The van der Waals surface area contributed by atoms with Crippen LogP contribution in [0.3, 0.4) is 0 Å². The van der Waals surface area contributed by atoms with Crippen LogP contribution in [-0.4, -0.2) is 65.6 Å². The molecule has 0 aromatic rings. The predicted molar refractivity (Wildman–Crippen MR) is 98.4 cm³/mol. The van der Waals surface area contributed by atoms with Crippen LogP contribution in [0.1, 0.15) is 40.5 Å². The van der Waals surface area contributed by atoms with E-state index < -0.39 is 29.3 Å². The zero-order valence-corrected chi connectivity index (χ0v) is 16.8. The average Bonchev–Trinajstić information content (AvgIpc) is 2.63. The maximum Gasteiger partial charge on any atom is 0.374 e. The Morgan fingerprint density at radius 3 is 2.12 bits per heavy atom. The quantitative estimate of drug-likeness (QED) is 0.316. The number of thioether (sulfide) groups is 1. The number of nitrogens with zero attached hydrogens (tertiary/aromatic N) is 1. The van der Waals surface area contributed by atoms with Crippen molar-refractivity contribution in [2.75, 3.05) is 26.0 Å². The van der Waals surface area contributed by atoms with E-state index in [2.05, 4.69) is 10.1 Å². The lowest BCUT2D eigenvalue weighted by Gasteiger charge is -2.26. The van der Waals surface area contributed by atoms with Crippen molar-refractivity contribution in [2.24, 2.45) is 5.92 Å². The molecule has 2 amide bonds. The number of hydrogen-bond acceptors (Lipinski definition) is 7. The number of likely N-dealkylation sites (N-methyl/N-ethyl adjacent to an activating group) is 1. The van der Waals surface area contributed by atoms with Gasteiger partial charge in [-0.05, 0) is 20.3 Å². The normalized spacial score (nSPS) is 12.7. The first kappa shape index (κ1) is 24.1. The number of hydrogen-bond donors (Lipinski definition) is 1. The van der Waals surface area contributed by atoms with Gasteiger partial charge in [-0.3, -0.25) is 19.2 Å². The molecule has 0 aliphatic carbocycles. The fourth-order valence-corrected chi connectivity index (χ4v) is 2.79. The Kier molecular flexibility index (Phi) is 11.5. The molecule has 1 N–H and O–H groups in total. The first-order valence-electron chi connectivity index (χ1n) is 8.57. The number of ketones is 1. The third-order valence-electron chi connectivity index (χ3n) is 3.88. The van der Waals surface area contributed by atoms with E-state index in [9.17, 15) is 24.0 Å². The second-order valence-electron chi connectivity index (χ2n) is 5.66. The summed E-state index contributed by atoms with van der Waals surface area (Å²) in [6, 6.07) is -0.876. The average molecular weight is 388 g/mol.